The highest BCUT2D eigenvalue weighted by Gasteiger charge is 2.19. The minimum Gasteiger partial charge on any atom is -0.301 e. The Hall–Kier alpha value is -2.68. The van der Waals surface area contributed by atoms with E-state index >= 15 is 0 Å². The fourth-order valence-corrected chi connectivity index (χ4v) is 2.21. The van der Waals surface area contributed by atoms with Gasteiger partial charge in [0.1, 0.15) is 0 Å². The number of aldehydes is 1. The van der Waals surface area contributed by atoms with Crippen molar-refractivity contribution in [3.05, 3.63) is 83.6 Å². The van der Waals surface area contributed by atoms with Gasteiger partial charge in [0, 0.05) is 5.56 Å². The fourth-order valence-electron chi connectivity index (χ4n) is 2.21. The van der Waals surface area contributed by atoms with E-state index in [1.807, 2.05) is 55.5 Å². The molecule has 22 heavy (non-hydrogen) atoms. The lowest BCUT2D eigenvalue weighted by Gasteiger charge is -2.23. The molecule has 0 aliphatic heterocycles. The van der Waals surface area contributed by atoms with Crippen molar-refractivity contribution >= 4 is 12.2 Å². The molecule has 0 fully saturated rings. The monoisotopic (exact) mass is 293 g/mol. The van der Waals surface area contributed by atoms with Gasteiger partial charge < -0.3 is 4.90 Å². The first-order valence-electron chi connectivity index (χ1n) is 7.32. The van der Waals surface area contributed by atoms with Crippen LogP contribution in [-0.4, -0.2) is 17.1 Å². The molecule has 3 nitrogen and oxygen atoms in total. The fraction of sp³-hybridized carbons (Fsp3) is 0.158. The van der Waals surface area contributed by atoms with Crippen molar-refractivity contribution in [2.24, 2.45) is 0 Å². The lowest BCUT2D eigenvalue weighted by molar-refractivity contribution is -0.106. The number of allylic oxidation sites excluding steroid dienone is 2. The smallest absolute Gasteiger partial charge is 0.258 e. The van der Waals surface area contributed by atoms with E-state index in [2.05, 4.69) is 0 Å². The summed E-state index contributed by atoms with van der Waals surface area (Å²) in [4.78, 5) is 25.7. The van der Waals surface area contributed by atoms with E-state index in [9.17, 15) is 9.59 Å². The van der Waals surface area contributed by atoms with Crippen LogP contribution >= 0.6 is 0 Å². The molecule has 0 aromatic heterocycles. The van der Waals surface area contributed by atoms with Crippen molar-refractivity contribution in [2.45, 2.75) is 19.9 Å². The molecule has 2 aromatic rings. The third-order valence-electron chi connectivity index (χ3n) is 3.30. The summed E-state index contributed by atoms with van der Waals surface area (Å²) in [5.74, 6) is -0.170. The van der Waals surface area contributed by atoms with Crippen LogP contribution in [0.15, 0.2) is 72.4 Å². The van der Waals surface area contributed by atoms with Crippen molar-refractivity contribution in [3.8, 4) is 0 Å². The maximum atomic E-state index is 12.8. The Kier molecular flexibility index (Phi) is 5.66. The van der Waals surface area contributed by atoms with Gasteiger partial charge in [-0.05, 0) is 24.1 Å². The molecule has 0 spiro atoms. The summed E-state index contributed by atoms with van der Waals surface area (Å²) in [6.07, 6.45) is 3.21. The zero-order valence-corrected chi connectivity index (χ0v) is 12.6. The number of hydrogen-bond donors (Lipinski definition) is 0. The summed E-state index contributed by atoms with van der Waals surface area (Å²) in [7, 11) is 0. The van der Waals surface area contributed by atoms with Crippen LogP contribution in [-0.2, 0) is 11.3 Å². The van der Waals surface area contributed by atoms with E-state index in [1.165, 1.54) is 4.90 Å². The quantitative estimate of drug-likeness (QED) is 0.599. The number of benzene rings is 2. The van der Waals surface area contributed by atoms with Gasteiger partial charge in [-0.2, -0.15) is 0 Å². The Morgan fingerprint density at radius 2 is 1.59 bits per heavy atom. The van der Waals surface area contributed by atoms with E-state index in [1.54, 1.807) is 18.2 Å². The van der Waals surface area contributed by atoms with E-state index in [4.69, 9.17) is 0 Å². The van der Waals surface area contributed by atoms with Crippen LogP contribution in [0.5, 0.6) is 0 Å². The van der Waals surface area contributed by atoms with E-state index < -0.39 is 0 Å². The zero-order chi connectivity index (χ0) is 15.8. The summed E-state index contributed by atoms with van der Waals surface area (Å²) in [6, 6.07) is 18.7. The van der Waals surface area contributed by atoms with Crippen molar-refractivity contribution in [1.29, 1.82) is 0 Å². The average molecular weight is 293 g/mol. The van der Waals surface area contributed by atoms with Crippen molar-refractivity contribution in [2.75, 3.05) is 0 Å². The lowest BCUT2D eigenvalue weighted by atomic mass is 10.1. The predicted molar refractivity (Wildman–Crippen MR) is 87.2 cm³/mol. The number of amides is 1. The summed E-state index contributed by atoms with van der Waals surface area (Å²) in [6.45, 7) is 2.32. The maximum Gasteiger partial charge on any atom is 0.258 e. The van der Waals surface area contributed by atoms with Crippen LogP contribution in [0.25, 0.3) is 0 Å². The Balaban J connectivity index is 2.35. The van der Waals surface area contributed by atoms with Gasteiger partial charge in [-0.15, -0.1) is 0 Å². The van der Waals surface area contributed by atoms with Gasteiger partial charge in [-0.25, -0.2) is 0 Å². The Bertz CT molecular complexity index is 648. The number of nitrogens with zero attached hydrogens (tertiary/aromatic N) is 1. The SMILES string of the molecule is CC/C=C(\C=O)N(Cc1ccccc1)C(=O)c1ccccc1. The van der Waals surface area contributed by atoms with Gasteiger partial charge in [0.25, 0.3) is 5.91 Å². The Labute approximate surface area is 130 Å². The van der Waals surface area contributed by atoms with Crippen molar-refractivity contribution < 1.29 is 9.59 Å². The Morgan fingerprint density at radius 1 is 1.00 bits per heavy atom. The van der Waals surface area contributed by atoms with Crippen LogP contribution in [0, 0.1) is 0 Å². The first-order chi connectivity index (χ1) is 10.8. The van der Waals surface area contributed by atoms with Crippen molar-refractivity contribution in [3.63, 3.8) is 0 Å². The summed E-state index contributed by atoms with van der Waals surface area (Å²) >= 11 is 0. The van der Waals surface area contributed by atoms with E-state index in [0.717, 1.165) is 11.8 Å². The molecule has 0 radical (unpaired) electrons. The number of rotatable bonds is 6. The second-order valence-electron chi connectivity index (χ2n) is 4.90. The number of carbonyl (C=O) groups is 2. The average Bonchev–Trinajstić information content (AvgIpc) is 2.59. The highest BCUT2D eigenvalue weighted by molar-refractivity contribution is 5.98. The summed E-state index contributed by atoms with van der Waals surface area (Å²) in [5.41, 5.74) is 1.96. The van der Waals surface area contributed by atoms with Gasteiger partial charge >= 0.3 is 0 Å². The largest absolute Gasteiger partial charge is 0.301 e. The van der Waals surface area contributed by atoms with Crippen LogP contribution in [0.4, 0.5) is 0 Å². The van der Waals surface area contributed by atoms with Gasteiger partial charge in [0.15, 0.2) is 6.29 Å². The van der Waals surface area contributed by atoms with Crippen molar-refractivity contribution in [1.82, 2.24) is 4.90 Å². The van der Waals surface area contributed by atoms with E-state index in [0.29, 0.717) is 24.2 Å². The standard InChI is InChI=1S/C19H19NO2/c1-2-9-18(15-21)20(14-16-10-5-3-6-11-16)19(22)17-12-7-4-8-13-17/h3-13,15H,2,14H2,1H3/b18-9+. The molecule has 112 valence electrons. The second kappa shape index (κ2) is 7.93. The molecule has 2 rings (SSSR count). The molecular weight excluding hydrogens is 274 g/mol. The predicted octanol–water partition coefficient (Wildman–Crippen LogP) is 3.82. The topological polar surface area (TPSA) is 37.4 Å². The summed E-state index contributed by atoms with van der Waals surface area (Å²) < 4.78 is 0. The third kappa shape index (κ3) is 3.92. The maximum absolute atomic E-state index is 12.8. The van der Waals surface area contributed by atoms with Gasteiger partial charge in [-0.3, -0.25) is 9.59 Å². The molecule has 2 aromatic carbocycles. The highest BCUT2D eigenvalue weighted by Crippen LogP contribution is 2.15. The first-order valence-corrected chi connectivity index (χ1v) is 7.32. The molecule has 0 saturated carbocycles. The molecular formula is C19H19NO2. The molecule has 0 atom stereocenters. The number of carbonyl (C=O) groups excluding carboxylic acids is 2. The highest BCUT2D eigenvalue weighted by atomic mass is 16.2. The minimum absolute atomic E-state index is 0.170. The molecule has 0 unspecified atom stereocenters. The van der Waals surface area contributed by atoms with Crippen LogP contribution in [0.1, 0.15) is 29.3 Å². The molecule has 0 heterocycles. The van der Waals surface area contributed by atoms with Gasteiger partial charge in [-0.1, -0.05) is 61.5 Å². The van der Waals surface area contributed by atoms with Gasteiger partial charge in [0.2, 0.25) is 0 Å². The molecule has 0 bridgehead atoms. The molecule has 3 heteroatoms. The molecule has 0 saturated heterocycles. The molecule has 0 aliphatic carbocycles. The first kappa shape index (κ1) is 15.7. The Morgan fingerprint density at radius 3 is 2.14 bits per heavy atom. The van der Waals surface area contributed by atoms with Crippen LogP contribution in [0.2, 0.25) is 0 Å². The van der Waals surface area contributed by atoms with Gasteiger partial charge in [0.05, 0.1) is 12.2 Å². The minimum atomic E-state index is -0.170. The lowest BCUT2D eigenvalue weighted by Crippen LogP contribution is -2.30. The summed E-state index contributed by atoms with van der Waals surface area (Å²) in [5, 5.41) is 0. The third-order valence-corrected chi connectivity index (χ3v) is 3.30. The normalized spacial score (nSPS) is 11.0. The number of hydrogen-bond acceptors (Lipinski definition) is 2. The molecule has 1 amide bonds. The van der Waals surface area contributed by atoms with Crippen LogP contribution < -0.4 is 0 Å². The van der Waals surface area contributed by atoms with E-state index in [-0.39, 0.29) is 5.91 Å². The molecule has 0 N–H and O–H groups in total. The van der Waals surface area contributed by atoms with Crippen LogP contribution in [0.3, 0.4) is 0 Å². The second-order valence-corrected chi connectivity index (χ2v) is 4.90. The zero-order valence-electron chi connectivity index (χ0n) is 12.6. The molecule has 0 aliphatic rings.